The molecule has 0 bridgehead atoms. The number of carbonyl (C=O) groups is 1. The summed E-state index contributed by atoms with van der Waals surface area (Å²) in [4.78, 5) is 11.9. The first-order chi connectivity index (χ1) is 9.68. The quantitative estimate of drug-likeness (QED) is 0.616. The third-order valence-electron chi connectivity index (χ3n) is 4.20. The van der Waals surface area contributed by atoms with E-state index in [-0.39, 0.29) is 17.2 Å². The van der Waals surface area contributed by atoms with Crippen molar-refractivity contribution in [2.45, 2.75) is 45.2 Å². The van der Waals surface area contributed by atoms with E-state index < -0.39 is 7.12 Å². The predicted octanol–water partition coefficient (Wildman–Crippen LogP) is 3.41. The number of benzene rings is 1. The van der Waals surface area contributed by atoms with Crippen LogP contribution in [0.3, 0.4) is 0 Å². The highest BCUT2D eigenvalue weighted by molar-refractivity contribution is 9.10. The maximum Gasteiger partial charge on any atom is 0.462 e. The van der Waals surface area contributed by atoms with Crippen LogP contribution in [0.5, 0.6) is 0 Å². The van der Waals surface area contributed by atoms with Gasteiger partial charge in [-0.2, -0.15) is 0 Å². The third-order valence-corrected chi connectivity index (χ3v) is 4.94. The summed E-state index contributed by atoms with van der Waals surface area (Å²) in [6, 6.07) is 5.45. The summed E-state index contributed by atoms with van der Waals surface area (Å²) in [5.41, 5.74) is 0.596. The van der Waals surface area contributed by atoms with Gasteiger partial charge < -0.3 is 14.0 Å². The van der Waals surface area contributed by atoms with Crippen molar-refractivity contribution in [2.24, 2.45) is 0 Å². The molecule has 2 rings (SSSR count). The summed E-state index contributed by atoms with van der Waals surface area (Å²) >= 11 is 3.49. The molecule has 1 aliphatic heterocycles. The molecular weight excluding hydrogens is 335 g/mol. The molecule has 1 aromatic carbocycles. The molecule has 0 radical (unpaired) electrons. The second-order valence-corrected chi connectivity index (χ2v) is 7.00. The lowest BCUT2D eigenvalue weighted by Crippen LogP contribution is -2.41. The third kappa shape index (κ3) is 3.17. The molecule has 0 aliphatic carbocycles. The van der Waals surface area contributed by atoms with Crippen LogP contribution in [0.1, 0.15) is 43.6 Å². The van der Waals surface area contributed by atoms with E-state index in [1.807, 2.05) is 39.8 Å². The van der Waals surface area contributed by atoms with Crippen molar-refractivity contribution < 1.29 is 18.8 Å². The van der Waals surface area contributed by atoms with Crippen LogP contribution in [-0.2, 0) is 20.4 Å². The average molecular weight is 355 g/mol. The van der Waals surface area contributed by atoms with E-state index in [0.717, 1.165) is 10.0 Å². The van der Waals surface area contributed by atoms with E-state index in [0.29, 0.717) is 11.9 Å². The van der Waals surface area contributed by atoms with Crippen molar-refractivity contribution in [2.75, 3.05) is 7.11 Å². The van der Waals surface area contributed by atoms with Crippen molar-refractivity contribution in [1.29, 1.82) is 0 Å². The Morgan fingerprint density at radius 3 is 2.33 bits per heavy atom. The molecule has 6 heteroatoms. The molecule has 114 valence electrons. The van der Waals surface area contributed by atoms with Gasteiger partial charge in [0.15, 0.2) is 0 Å². The van der Waals surface area contributed by atoms with Crippen molar-refractivity contribution in [3.05, 3.63) is 33.8 Å². The van der Waals surface area contributed by atoms with Gasteiger partial charge in [-0.3, -0.25) is 0 Å². The van der Waals surface area contributed by atoms with Crippen LogP contribution in [0.25, 0.3) is 0 Å². The van der Waals surface area contributed by atoms with Gasteiger partial charge in [0.25, 0.3) is 0 Å². The number of methoxy groups -OCH3 is 1. The Morgan fingerprint density at radius 1 is 1.24 bits per heavy atom. The molecule has 1 saturated heterocycles. The topological polar surface area (TPSA) is 44.8 Å². The van der Waals surface area contributed by atoms with Crippen LogP contribution in [0.4, 0.5) is 0 Å². The van der Waals surface area contributed by atoms with Crippen LogP contribution in [0, 0.1) is 0 Å². The molecule has 1 aliphatic rings. The van der Waals surface area contributed by atoms with Crippen LogP contribution >= 0.6 is 15.9 Å². The summed E-state index contributed by atoms with van der Waals surface area (Å²) in [5, 5.41) is 0. The minimum absolute atomic E-state index is 0.359. The first-order valence-electron chi connectivity index (χ1n) is 6.89. The van der Waals surface area contributed by atoms with E-state index in [4.69, 9.17) is 14.0 Å². The molecule has 0 aromatic heterocycles. The summed E-state index contributed by atoms with van der Waals surface area (Å²) in [5.74, 6) is -0.359. The van der Waals surface area contributed by atoms with Crippen LogP contribution in [0.2, 0.25) is 0 Å². The van der Waals surface area contributed by atoms with E-state index in [9.17, 15) is 4.79 Å². The van der Waals surface area contributed by atoms with Crippen molar-refractivity contribution in [3.63, 3.8) is 0 Å². The summed E-state index contributed by atoms with van der Waals surface area (Å²) in [7, 11) is 0.985. The van der Waals surface area contributed by atoms with Gasteiger partial charge in [0.1, 0.15) is 0 Å². The molecule has 1 fully saturated rings. The van der Waals surface area contributed by atoms with Gasteiger partial charge in [0, 0.05) is 10.8 Å². The summed E-state index contributed by atoms with van der Waals surface area (Å²) in [6.07, 6.45) is 0.485. The highest BCUT2D eigenvalue weighted by Gasteiger charge is 2.51. The molecule has 21 heavy (non-hydrogen) atoms. The summed E-state index contributed by atoms with van der Waals surface area (Å²) in [6.45, 7) is 8.03. The molecule has 0 amide bonds. The molecule has 4 nitrogen and oxygen atoms in total. The Labute approximate surface area is 134 Å². The smallest absolute Gasteiger partial charge is 0.462 e. The minimum Gasteiger partial charge on any atom is -0.465 e. The fraction of sp³-hybridized carbons (Fsp3) is 0.533. The molecule has 0 saturated carbocycles. The lowest BCUT2D eigenvalue weighted by Gasteiger charge is -2.32. The van der Waals surface area contributed by atoms with E-state index >= 15 is 0 Å². The Kier molecular flexibility index (Phi) is 4.52. The van der Waals surface area contributed by atoms with Crippen molar-refractivity contribution in [1.82, 2.24) is 0 Å². The highest BCUT2D eigenvalue weighted by atomic mass is 79.9. The fourth-order valence-electron chi connectivity index (χ4n) is 2.28. The highest BCUT2D eigenvalue weighted by Crippen LogP contribution is 2.38. The Bertz CT molecular complexity index is 541. The number of ether oxygens (including phenoxy) is 1. The SMILES string of the molecule is COC(=O)c1cccc(Br)c1CB1OC(C)(C)C(C)(C)O1. The van der Waals surface area contributed by atoms with Gasteiger partial charge in [-0.1, -0.05) is 22.0 Å². The minimum atomic E-state index is -0.392. The lowest BCUT2D eigenvalue weighted by atomic mass is 9.79. The number of carbonyl (C=O) groups excluding carboxylic acids is 1. The first-order valence-corrected chi connectivity index (χ1v) is 7.68. The largest absolute Gasteiger partial charge is 0.465 e. The zero-order chi connectivity index (χ0) is 15.8. The molecule has 1 heterocycles. The van der Waals surface area contributed by atoms with Crippen LogP contribution < -0.4 is 0 Å². The molecule has 0 unspecified atom stereocenters. The molecule has 1 aromatic rings. The van der Waals surface area contributed by atoms with E-state index in [1.54, 1.807) is 6.07 Å². The second kappa shape index (κ2) is 5.74. The standard InChI is InChI=1S/C15H20BBrO4/c1-14(2)15(3,4)21-16(20-14)9-11-10(13(18)19-5)7-6-8-12(11)17/h6-8H,9H2,1-5H3. The molecule has 0 spiro atoms. The Balaban J connectivity index is 2.27. The first kappa shape index (κ1) is 16.5. The van der Waals surface area contributed by atoms with Gasteiger partial charge in [0.2, 0.25) is 0 Å². The number of esters is 1. The second-order valence-electron chi connectivity index (χ2n) is 6.15. The average Bonchev–Trinajstić information content (AvgIpc) is 2.59. The van der Waals surface area contributed by atoms with Crippen molar-refractivity contribution in [3.8, 4) is 0 Å². The number of halogens is 1. The Hall–Kier alpha value is -0.845. The van der Waals surface area contributed by atoms with Crippen LogP contribution in [0.15, 0.2) is 22.7 Å². The molecular formula is C15H20BBrO4. The zero-order valence-electron chi connectivity index (χ0n) is 13.0. The molecule has 0 atom stereocenters. The van der Waals surface area contributed by atoms with Crippen LogP contribution in [-0.4, -0.2) is 31.4 Å². The maximum atomic E-state index is 11.9. The van der Waals surface area contributed by atoms with Gasteiger partial charge in [-0.15, -0.1) is 0 Å². The fourth-order valence-corrected chi connectivity index (χ4v) is 2.81. The lowest BCUT2D eigenvalue weighted by molar-refractivity contribution is 0.00578. The van der Waals surface area contributed by atoms with E-state index in [1.165, 1.54) is 7.11 Å². The van der Waals surface area contributed by atoms with Gasteiger partial charge in [-0.05, 0) is 45.4 Å². The van der Waals surface area contributed by atoms with E-state index in [2.05, 4.69) is 15.9 Å². The molecule has 0 N–H and O–H groups in total. The monoisotopic (exact) mass is 354 g/mol. The number of hydrogen-bond donors (Lipinski definition) is 0. The zero-order valence-corrected chi connectivity index (χ0v) is 14.6. The van der Waals surface area contributed by atoms with Crippen molar-refractivity contribution >= 4 is 29.0 Å². The van der Waals surface area contributed by atoms with Gasteiger partial charge in [0.05, 0.1) is 23.9 Å². The Morgan fingerprint density at radius 2 is 1.81 bits per heavy atom. The number of hydrogen-bond acceptors (Lipinski definition) is 4. The number of rotatable bonds is 3. The predicted molar refractivity (Wildman–Crippen MR) is 85.3 cm³/mol. The maximum absolute atomic E-state index is 11.9. The normalized spacial score (nSPS) is 19.6. The van der Waals surface area contributed by atoms with Gasteiger partial charge in [-0.25, -0.2) is 4.79 Å². The summed E-state index contributed by atoms with van der Waals surface area (Å²) < 4.78 is 17.7. The van der Waals surface area contributed by atoms with Gasteiger partial charge >= 0.3 is 13.1 Å².